The van der Waals surface area contributed by atoms with Crippen LogP contribution in [-0.4, -0.2) is 11.5 Å². The van der Waals surface area contributed by atoms with Crippen molar-refractivity contribution in [3.63, 3.8) is 0 Å². The van der Waals surface area contributed by atoms with Crippen LogP contribution < -0.4 is 11.1 Å². The Morgan fingerprint density at radius 2 is 2.31 bits per heavy atom. The molecule has 84 valence electrons. The minimum atomic E-state index is 0.251. The fourth-order valence-electron chi connectivity index (χ4n) is 2.20. The Morgan fingerprint density at radius 1 is 1.38 bits per heavy atom. The number of hydrogen-bond donors (Lipinski definition) is 2. The molecule has 0 bridgehead atoms. The van der Waals surface area contributed by atoms with Gasteiger partial charge in [0.15, 0.2) is 5.58 Å². The molecule has 4 nitrogen and oxygen atoms in total. The van der Waals surface area contributed by atoms with Crippen molar-refractivity contribution in [2.24, 2.45) is 0 Å². The molecule has 3 N–H and O–H groups in total. The van der Waals surface area contributed by atoms with Gasteiger partial charge in [-0.25, -0.2) is 4.98 Å². The van der Waals surface area contributed by atoms with Gasteiger partial charge in [-0.2, -0.15) is 0 Å². The van der Waals surface area contributed by atoms with Crippen molar-refractivity contribution in [2.45, 2.75) is 25.3 Å². The quantitative estimate of drug-likeness (QED) is 0.719. The molecule has 4 heteroatoms. The molecule has 1 aliphatic heterocycles. The molecule has 1 aromatic heterocycles. The van der Waals surface area contributed by atoms with E-state index in [1.165, 1.54) is 12.8 Å². The molecular formula is C12H15N3O. The average Bonchev–Trinajstić information content (AvgIpc) is 2.76. The van der Waals surface area contributed by atoms with Gasteiger partial charge in [-0.1, -0.05) is 12.5 Å². The largest absolute Gasteiger partial charge is 0.437 e. The van der Waals surface area contributed by atoms with Crippen LogP contribution in [0.4, 0.5) is 5.69 Å². The number of nitrogens with one attached hydrogen (secondary N) is 1. The van der Waals surface area contributed by atoms with Crippen LogP contribution >= 0.6 is 0 Å². The molecule has 3 rings (SSSR count). The highest BCUT2D eigenvalue weighted by atomic mass is 16.4. The van der Waals surface area contributed by atoms with Crippen LogP contribution in [-0.2, 0) is 0 Å². The number of rotatable bonds is 1. The summed E-state index contributed by atoms with van der Waals surface area (Å²) in [6.45, 7) is 1.04. The van der Waals surface area contributed by atoms with Gasteiger partial charge in [-0.05, 0) is 31.5 Å². The van der Waals surface area contributed by atoms with Crippen LogP contribution in [0.1, 0.15) is 31.2 Å². The molecule has 1 saturated heterocycles. The first-order valence-corrected chi connectivity index (χ1v) is 5.73. The lowest BCUT2D eigenvalue weighted by Crippen LogP contribution is -2.26. The molecule has 2 heterocycles. The summed E-state index contributed by atoms with van der Waals surface area (Å²) in [7, 11) is 0. The molecule has 1 fully saturated rings. The summed E-state index contributed by atoms with van der Waals surface area (Å²) in [5, 5.41) is 3.42. The molecule has 2 aromatic rings. The number of nitrogen functional groups attached to an aromatic ring is 1. The second-order valence-corrected chi connectivity index (χ2v) is 4.25. The van der Waals surface area contributed by atoms with Gasteiger partial charge in [0.25, 0.3) is 0 Å². The summed E-state index contributed by atoms with van der Waals surface area (Å²) in [6.07, 6.45) is 3.55. The summed E-state index contributed by atoms with van der Waals surface area (Å²) in [4.78, 5) is 4.49. The zero-order valence-corrected chi connectivity index (χ0v) is 9.07. The molecule has 1 atom stereocenters. The van der Waals surface area contributed by atoms with E-state index < -0.39 is 0 Å². The first-order chi connectivity index (χ1) is 7.84. The third kappa shape index (κ3) is 1.55. The van der Waals surface area contributed by atoms with Crippen molar-refractivity contribution in [2.75, 3.05) is 12.3 Å². The van der Waals surface area contributed by atoms with E-state index in [0.29, 0.717) is 11.3 Å². The van der Waals surface area contributed by atoms with Crippen molar-refractivity contribution < 1.29 is 4.42 Å². The number of oxazole rings is 1. The highest BCUT2D eigenvalue weighted by molar-refractivity contribution is 5.84. The third-order valence-corrected chi connectivity index (χ3v) is 3.07. The lowest BCUT2D eigenvalue weighted by Gasteiger charge is -2.20. The van der Waals surface area contributed by atoms with E-state index in [2.05, 4.69) is 10.3 Å². The lowest BCUT2D eigenvalue weighted by atomic mass is 10.1. The topological polar surface area (TPSA) is 64.1 Å². The maximum atomic E-state index is 5.84. The molecule has 0 saturated carbocycles. The molecular weight excluding hydrogens is 202 g/mol. The number of hydrogen-bond acceptors (Lipinski definition) is 4. The van der Waals surface area contributed by atoms with Crippen LogP contribution in [0.5, 0.6) is 0 Å². The Labute approximate surface area is 93.8 Å². The second-order valence-electron chi connectivity index (χ2n) is 4.25. The van der Waals surface area contributed by atoms with Crippen LogP contribution in [0.25, 0.3) is 11.1 Å². The van der Waals surface area contributed by atoms with Gasteiger partial charge in [0.2, 0.25) is 5.89 Å². The van der Waals surface area contributed by atoms with E-state index in [1.807, 2.05) is 18.2 Å². The fraction of sp³-hybridized carbons (Fsp3) is 0.417. The van der Waals surface area contributed by atoms with Crippen molar-refractivity contribution in [1.82, 2.24) is 10.3 Å². The van der Waals surface area contributed by atoms with Gasteiger partial charge in [0, 0.05) is 0 Å². The predicted molar refractivity (Wildman–Crippen MR) is 63.0 cm³/mol. The normalized spacial score (nSPS) is 21.4. The molecule has 1 unspecified atom stereocenters. The minimum absolute atomic E-state index is 0.251. The van der Waals surface area contributed by atoms with Crippen molar-refractivity contribution in [3.8, 4) is 0 Å². The van der Waals surface area contributed by atoms with E-state index in [0.717, 1.165) is 24.4 Å². The Bertz CT molecular complexity index is 500. The van der Waals surface area contributed by atoms with E-state index in [1.54, 1.807) is 0 Å². The number of anilines is 1. The van der Waals surface area contributed by atoms with E-state index in [4.69, 9.17) is 10.2 Å². The maximum Gasteiger partial charge on any atom is 0.212 e. The molecule has 0 amide bonds. The van der Waals surface area contributed by atoms with Gasteiger partial charge in [0.05, 0.1) is 11.7 Å². The second kappa shape index (κ2) is 3.79. The fourth-order valence-corrected chi connectivity index (χ4v) is 2.20. The van der Waals surface area contributed by atoms with Gasteiger partial charge >= 0.3 is 0 Å². The number of nitrogens with zero attached hydrogens (tertiary/aromatic N) is 1. The molecule has 16 heavy (non-hydrogen) atoms. The monoisotopic (exact) mass is 217 g/mol. The Morgan fingerprint density at radius 3 is 3.06 bits per heavy atom. The first-order valence-electron chi connectivity index (χ1n) is 5.73. The van der Waals surface area contributed by atoms with Gasteiger partial charge in [-0.15, -0.1) is 0 Å². The van der Waals surface area contributed by atoms with E-state index in [-0.39, 0.29) is 6.04 Å². The van der Waals surface area contributed by atoms with Crippen molar-refractivity contribution in [3.05, 3.63) is 24.1 Å². The summed E-state index contributed by atoms with van der Waals surface area (Å²) in [5.74, 6) is 0.771. The molecule has 0 radical (unpaired) electrons. The molecule has 1 aliphatic rings. The highest BCUT2D eigenvalue weighted by Gasteiger charge is 2.20. The Balaban J connectivity index is 2.01. The van der Waals surface area contributed by atoms with Crippen LogP contribution in [0.2, 0.25) is 0 Å². The van der Waals surface area contributed by atoms with Crippen LogP contribution in [0, 0.1) is 0 Å². The standard InChI is InChI=1S/C12H15N3O/c13-8-4-3-6-9-11(8)16-12(15-9)10-5-1-2-7-14-10/h3-4,6,10,14H,1-2,5,7,13H2. The van der Waals surface area contributed by atoms with Crippen molar-refractivity contribution >= 4 is 16.8 Å². The van der Waals surface area contributed by atoms with Crippen molar-refractivity contribution in [1.29, 1.82) is 0 Å². The number of aromatic nitrogens is 1. The smallest absolute Gasteiger partial charge is 0.212 e. The highest BCUT2D eigenvalue weighted by Crippen LogP contribution is 2.28. The minimum Gasteiger partial charge on any atom is -0.437 e. The number of piperidine rings is 1. The van der Waals surface area contributed by atoms with Crippen LogP contribution in [0.3, 0.4) is 0 Å². The number of para-hydroxylation sites is 1. The number of benzene rings is 1. The summed E-state index contributed by atoms with van der Waals surface area (Å²) in [5.41, 5.74) is 8.07. The van der Waals surface area contributed by atoms with Gasteiger partial charge < -0.3 is 15.5 Å². The number of nitrogens with two attached hydrogens (primary N) is 1. The average molecular weight is 217 g/mol. The summed E-state index contributed by atoms with van der Waals surface area (Å²) < 4.78 is 5.74. The Kier molecular flexibility index (Phi) is 2.29. The predicted octanol–water partition coefficient (Wildman–Crippen LogP) is 2.22. The van der Waals surface area contributed by atoms with Gasteiger partial charge in [-0.3, -0.25) is 0 Å². The SMILES string of the molecule is Nc1cccc2nc(C3CCCCN3)oc12. The zero-order valence-electron chi connectivity index (χ0n) is 9.07. The number of fused-ring (bicyclic) bond motifs is 1. The van der Waals surface area contributed by atoms with E-state index >= 15 is 0 Å². The van der Waals surface area contributed by atoms with Crippen LogP contribution in [0.15, 0.2) is 22.6 Å². The maximum absolute atomic E-state index is 5.84. The molecule has 0 spiro atoms. The molecule has 0 aliphatic carbocycles. The third-order valence-electron chi connectivity index (χ3n) is 3.07. The summed E-state index contributed by atoms with van der Waals surface area (Å²) >= 11 is 0. The molecule has 1 aromatic carbocycles. The summed E-state index contributed by atoms with van der Waals surface area (Å²) in [6, 6.07) is 5.92. The zero-order chi connectivity index (χ0) is 11.0. The first kappa shape index (κ1) is 9.66. The Hall–Kier alpha value is -1.55. The van der Waals surface area contributed by atoms with E-state index in [9.17, 15) is 0 Å². The van der Waals surface area contributed by atoms with Gasteiger partial charge in [0.1, 0.15) is 5.52 Å². The lowest BCUT2D eigenvalue weighted by molar-refractivity contribution is 0.347.